The number of rotatable bonds is 7. The molecule has 0 aliphatic carbocycles. The molecule has 158 valence electrons. The van der Waals surface area contributed by atoms with E-state index in [4.69, 9.17) is 4.98 Å². The van der Waals surface area contributed by atoms with E-state index in [9.17, 15) is 9.59 Å². The minimum atomic E-state index is -0.400. The normalized spacial score (nSPS) is 11.7. The van der Waals surface area contributed by atoms with Crippen LogP contribution < -0.4 is 11.2 Å². The van der Waals surface area contributed by atoms with Crippen molar-refractivity contribution in [3.8, 4) is 0 Å². The number of aryl methyl sites for hydroxylation is 4. The lowest BCUT2D eigenvalue weighted by Gasteiger charge is -2.07. The highest BCUT2D eigenvalue weighted by atomic mass is 32.2. The Kier molecular flexibility index (Phi) is 5.79. The Morgan fingerprint density at radius 2 is 1.97 bits per heavy atom. The van der Waals surface area contributed by atoms with Crippen molar-refractivity contribution < 1.29 is 0 Å². The number of hydrogen-bond donors (Lipinski definition) is 1. The van der Waals surface area contributed by atoms with Crippen molar-refractivity contribution in [2.75, 3.05) is 0 Å². The first-order valence-corrected chi connectivity index (χ1v) is 11.8. The Labute approximate surface area is 181 Å². The number of nitrogens with zero attached hydrogens (tertiary/aromatic N) is 5. The second-order valence-corrected chi connectivity index (χ2v) is 9.31. The summed E-state index contributed by atoms with van der Waals surface area (Å²) >= 11 is 3.25. The monoisotopic (exact) mass is 444 g/mol. The molecule has 8 nitrogen and oxygen atoms in total. The molecule has 0 fully saturated rings. The molecule has 0 aliphatic rings. The molecule has 0 radical (unpaired) electrons. The fraction of sp³-hybridized carbons (Fsp3) is 0.450. The molecular formula is C20H24N6O2S2. The number of aromatic nitrogens is 6. The van der Waals surface area contributed by atoms with Crippen LogP contribution in [0.4, 0.5) is 0 Å². The highest BCUT2D eigenvalue weighted by molar-refractivity contribution is 7.98. The van der Waals surface area contributed by atoms with Gasteiger partial charge in [0.05, 0.1) is 5.75 Å². The van der Waals surface area contributed by atoms with Crippen LogP contribution in [0.3, 0.4) is 0 Å². The number of fused-ring (bicyclic) bond motifs is 2. The van der Waals surface area contributed by atoms with Crippen molar-refractivity contribution in [3.63, 3.8) is 0 Å². The molecule has 0 bridgehead atoms. The molecule has 0 saturated carbocycles. The zero-order valence-electron chi connectivity index (χ0n) is 17.5. The lowest BCUT2D eigenvalue weighted by Crippen LogP contribution is -2.31. The van der Waals surface area contributed by atoms with Crippen molar-refractivity contribution in [1.82, 2.24) is 29.1 Å². The van der Waals surface area contributed by atoms with Gasteiger partial charge in [-0.2, -0.15) is 0 Å². The molecule has 1 N–H and O–H groups in total. The summed E-state index contributed by atoms with van der Waals surface area (Å²) in [6, 6.07) is 0. The third kappa shape index (κ3) is 3.47. The average molecular weight is 445 g/mol. The molecule has 0 unspecified atom stereocenters. The Morgan fingerprint density at radius 1 is 1.17 bits per heavy atom. The van der Waals surface area contributed by atoms with Crippen molar-refractivity contribution in [1.29, 1.82) is 0 Å². The molecule has 0 aliphatic heterocycles. The summed E-state index contributed by atoms with van der Waals surface area (Å²) in [5.74, 6) is 1.31. The maximum atomic E-state index is 12.6. The quantitative estimate of drug-likeness (QED) is 0.345. The van der Waals surface area contributed by atoms with Gasteiger partial charge in [-0.1, -0.05) is 25.1 Å². The van der Waals surface area contributed by atoms with Crippen LogP contribution >= 0.6 is 23.1 Å². The number of hydrogen-bond acceptors (Lipinski definition) is 7. The van der Waals surface area contributed by atoms with Gasteiger partial charge in [-0.05, 0) is 32.8 Å². The van der Waals surface area contributed by atoms with Gasteiger partial charge in [0.2, 0.25) is 0 Å². The summed E-state index contributed by atoms with van der Waals surface area (Å²) in [4.78, 5) is 43.2. The summed E-state index contributed by atoms with van der Waals surface area (Å²) in [5.41, 5.74) is 1.33. The van der Waals surface area contributed by atoms with Gasteiger partial charge in [0, 0.05) is 23.4 Å². The van der Waals surface area contributed by atoms with Gasteiger partial charge in [0.1, 0.15) is 22.0 Å². The molecular weight excluding hydrogens is 420 g/mol. The zero-order chi connectivity index (χ0) is 21.4. The van der Waals surface area contributed by atoms with E-state index in [0.29, 0.717) is 30.0 Å². The minimum absolute atomic E-state index is 0.387. The average Bonchev–Trinajstić information content (AvgIpc) is 3.24. The molecule has 0 aromatic carbocycles. The fourth-order valence-corrected chi connectivity index (χ4v) is 5.65. The second-order valence-electron chi connectivity index (χ2n) is 7.14. The van der Waals surface area contributed by atoms with Gasteiger partial charge in [-0.3, -0.25) is 14.3 Å². The first kappa shape index (κ1) is 20.8. The summed E-state index contributed by atoms with van der Waals surface area (Å²) in [6.07, 6.45) is 3.39. The topological polar surface area (TPSA) is 98.5 Å². The van der Waals surface area contributed by atoms with Crippen LogP contribution in [0.5, 0.6) is 0 Å². The molecule has 0 amide bonds. The summed E-state index contributed by atoms with van der Waals surface area (Å²) in [5, 5.41) is 2.00. The van der Waals surface area contributed by atoms with E-state index in [-0.39, 0.29) is 5.56 Å². The van der Waals surface area contributed by atoms with Gasteiger partial charge in [0.15, 0.2) is 11.2 Å². The van der Waals surface area contributed by atoms with E-state index in [0.717, 1.165) is 33.9 Å². The van der Waals surface area contributed by atoms with E-state index in [2.05, 4.69) is 35.7 Å². The largest absolute Gasteiger partial charge is 0.330 e. The van der Waals surface area contributed by atoms with Gasteiger partial charge in [-0.15, -0.1) is 11.3 Å². The lowest BCUT2D eigenvalue weighted by molar-refractivity contribution is 0.613. The standard InChI is InChI=1S/C20H24N6O2S2/c1-5-7-8-26-16-15(17(27)24-20(26)28)25(6-2)13(23-16)9-29-18-14-11(3)12(4)30-19(14)22-10-21-18/h10H,5-9H2,1-4H3,(H,24,27,28). The lowest BCUT2D eigenvalue weighted by atomic mass is 10.2. The predicted octanol–water partition coefficient (Wildman–Crippen LogP) is 3.62. The molecule has 0 saturated heterocycles. The van der Waals surface area contributed by atoms with Crippen LogP contribution in [-0.2, 0) is 18.8 Å². The molecule has 4 aromatic heterocycles. The molecule has 0 atom stereocenters. The summed E-state index contributed by atoms with van der Waals surface area (Å²) < 4.78 is 3.48. The van der Waals surface area contributed by atoms with E-state index < -0.39 is 5.69 Å². The first-order valence-electron chi connectivity index (χ1n) is 10.0. The smallest absolute Gasteiger partial charge is 0.322 e. The van der Waals surface area contributed by atoms with Crippen molar-refractivity contribution in [2.24, 2.45) is 0 Å². The first-order chi connectivity index (χ1) is 14.5. The van der Waals surface area contributed by atoms with Crippen LogP contribution in [0.2, 0.25) is 0 Å². The van der Waals surface area contributed by atoms with Gasteiger partial charge in [0.25, 0.3) is 5.56 Å². The van der Waals surface area contributed by atoms with E-state index in [1.807, 2.05) is 11.5 Å². The maximum Gasteiger partial charge on any atom is 0.330 e. The molecule has 4 rings (SSSR count). The Hall–Kier alpha value is -2.46. The molecule has 30 heavy (non-hydrogen) atoms. The van der Waals surface area contributed by atoms with Crippen LogP contribution in [0.15, 0.2) is 20.9 Å². The van der Waals surface area contributed by atoms with Crippen LogP contribution in [0.1, 0.15) is 43.0 Å². The molecule has 0 spiro atoms. The minimum Gasteiger partial charge on any atom is -0.322 e. The Bertz CT molecular complexity index is 1350. The number of thioether (sulfide) groups is 1. The third-order valence-electron chi connectivity index (χ3n) is 5.28. The van der Waals surface area contributed by atoms with Gasteiger partial charge in [-0.25, -0.2) is 19.7 Å². The van der Waals surface area contributed by atoms with Crippen LogP contribution in [0, 0.1) is 13.8 Å². The van der Waals surface area contributed by atoms with Crippen LogP contribution in [-0.4, -0.2) is 29.1 Å². The van der Waals surface area contributed by atoms with Crippen molar-refractivity contribution in [3.05, 3.63) is 43.4 Å². The van der Waals surface area contributed by atoms with E-state index in [1.165, 1.54) is 10.4 Å². The third-order valence-corrected chi connectivity index (χ3v) is 7.39. The SMILES string of the molecule is CCCCn1c(=O)[nH]c(=O)c2c1nc(CSc1ncnc3sc(C)c(C)c13)n2CC. The number of thiophene rings is 1. The fourth-order valence-electron chi connectivity index (χ4n) is 3.58. The number of H-pyrrole nitrogens is 1. The Morgan fingerprint density at radius 3 is 2.70 bits per heavy atom. The molecule has 4 aromatic rings. The zero-order valence-corrected chi connectivity index (χ0v) is 19.1. The number of aromatic amines is 1. The Balaban J connectivity index is 1.78. The number of imidazole rings is 1. The van der Waals surface area contributed by atoms with Gasteiger partial charge >= 0.3 is 5.69 Å². The molecule has 4 heterocycles. The molecule has 10 heteroatoms. The van der Waals surface area contributed by atoms with Crippen LogP contribution in [0.25, 0.3) is 21.4 Å². The second kappa shape index (κ2) is 8.35. The highest BCUT2D eigenvalue weighted by Crippen LogP contribution is 2.35. The van der Waals surface area contributed by atoms with E-state index in [1.54, 1.807) is 34.0 Å². The summed E-state index contributed by atoms with van der Waals surface area (Å²) in [6.45, 7) is 9.36. The highest BCUT2D eigenvalue weighted by Gasteiger charge is 2.19. The summed E-state index contributed by atoms with van der Waals surface area (Å²) in [7, 11) is 0. The van der Waals surface area contributed by atoms with Crippen molar-refractivity contribution >= 4 is 44.5 Å². The van der Waals surface area contributed by atoms with Crippen molar-refractivity contribution in [2.45, 2.75) is 64.4 Å². The maximum absolute atomic E-state index is 12.6. The van der Waals surface area contributed by atoms with Gasteiger partial charge < -0.3 is 4.57 Å². The van der Waals surface area contributed by atoms with E-state index >= 15 is 0 Å². The number of unbranched alkanes of at least 4 members (excludes halogenated alkanes) is 1. The number of nitrogens with one attached hydrogen (secondary N) is 1. The predicted molar refractivity (Wildman–Crippen MR) is 122 cm³/mol.